The van der Waals surface area contributed by atoms with Gasteiger partial charge in [0.2, 0.25) is 0 Å². The van der Waals surface area contributed by atoms with Crippen molar-refractivity contribution in [1.82, 2.24) is 19.1 Å². The minimum Gasteiger partial charge on any atom is -0.332 e. The smallest absolute Gasteiger partial charge is 0.261 e. The van der Waals surface area contributed by atoms with Crippen molar-refractivity contribution in [1.29, 1.82) is 0 Å². The SMILES string of the molecule is Cn1c(=S)[nH]c2cc(C(=O)Nc3ccc(-n4cnc5ccccc54)cc3)ccc2c1=O. The maximum absolute atomic E-state index is 12.7. The molecule has 0 radical (unpaired) electrons. The second-order valence-electron chi connectivity index (χ2n) is 7.16. The number of hydrogen-bond acceptors (Lipinski definition) is 4. The lowest BCUT2D eigenvalue weighted by molar-refractivity contribution is 0.102. The number of anilines is 1. The predicted molar refractivity (Wildman–Crippen MR) is 123 cm³/mol. The van der Waals surface area contributed by atoms with Crippen LogP contribution in [0.1, 0.15) is 10.4 Å². The molecule has 0 aliphatic rings. The van der Waals surface area contributed by atoms with Crippen LogP contribution in [0.4, 0.5) is 5.69 Å². The van der Waals surface area contributed by atoms with Crippen LogP contribution in [0.15, 0.2) is 77.9 Å². The second-order valence-corrected chi connectivity index (χ2v) is 7.55. The molecular weight excluding hydrogens is 410 g/mol. The van der Waals surface area contributed by atoms with Gasteiger partial charge in [0, 0.05) is 24.0 Å². The van der Waals surface area contributed by atoms with Crippen LogP contribution in [0.2, 0.25) is 0 Å². The van der Waals surface area contributed by atoms with Crippen LogP contribution in [0.3, 0.4) is 0 Å². The summed E-state index contributed by atoms with van der Waals surface area (Å²) in [5.74, 6) is -0.275. The summed E-state index contributed by atoms with van der Waals surface area (Å²) in [5, 5.41) is 3.36. The van der Waals surface area contributed by atoms with Gasteiger partial charge < -0.3 is 10.3 Å². The zero-order valence-corrected chi connectivity index (χ0v) is 17.3. The van der Waals surface area contributed by atoms with Crippen molar-refractivity contribution >= 4 is 45.7 Å². The topological polar surface area (TPSA) is 84.7 Å². The van der Waals surface area contributed by atoms with Crippen LogP contribution >= 0.6 is 12.2 Å². The summed E-state index contributed by atoms with van der Waals surface area (Å²) >= 11 is 5.16. The van der Waals surface area contributed by atoms with Crippen molar-refractivity contribution in [3.05, 3.63) is 93.7 Å². The van der Waals surface area contributed by atoms with E-state index in [0.29, 0.717) is 26.9 Å². The Labute approximate surface area is 181 Å². The molecule has 0 unspecified atom stereocenters. The summed E-state index contributed by atoms with van der Waals surface area (Å²) in [4.78, 5) is 32.4. The van der Waals surface area contributed by atoms with E-state index in [4.69, 9.17) is 12.2 Å². The highest BCUT2D eigenvalue weighted by molar-refractivity contribution is 7.71. The summed E-state index contributed by atoms with van der Waals surface area (Å²) in [5.41, 5.74) is 4.30. The normalized spacial score (nSPS) is 11.1. The maximum atomic E-state index is 12.7. The minimum absolute atomic E-state index is 0.201. The Morgan fingerprint density at radius 3 is 2.65 bits per heavy atom. The Bertz CT molecular complexity index is 1580. The first-order chi connectivity index (χ1) is 15.0. The third-order valence-corrected chi connectivity index (χ3v) is 5.60. The van der Waals surface area contributed by atoms with Gasteiger partial charge in [0.1, 0.15) is 6.33 Å². The zero-order chi connectivity index (χ0) is 21.5. The highest BCUT2D eigenvalue weighted by Crippen LogP contribution is 2.20. The third-order valence-electron chi connectivity index (χ3n) is 5.22. The standard InChI is InChI=1S/C23H17N5O2S/c1-27-22(30)17-11-6-14(12-19(17)26-23(27)31)21(29)25-15-7-9-16(10-8-15)28-13-24-18-4-2-3-5-20(18)28/h2-13H,1H3,(H,25,29)(H,26,31). The first-order valence-electron chi connectivity index (χ1n) is 9.58. The molecule has 2 aromatic heterocycles. The molecule has 152 valence electrons. The largest absolute Gasteiger partial charge is 0.332 e. The number of amides is 1. The molecular formula is C23H17N5O2S. The van der Waals surface area contributed by atoms with Crippen LogP contribution in [0, 0.1) is 4.77 Å². The van der Waals surface area contributed by atoms with Crippen LogP contribution in [-0.4, -0.2) is 25.0 Å². The Kier molecular flexibility index (Phi) is 4.48. The molecule has 7 nitrogen and oxygen atoms in total. The molecule has 0 fully saturated rings. The molecule has 0 saturated carbocycles. The predicted octanol–water partition coefficient (Wildman–Crippen LogP) is 4.19. The van der Waals surface area contributed by atoms with E-state index in [9.17, 15) is 9.59 Å². The number of fused-ring (bicyclic) bond motifs is 2. The number of carbonyl (C=O) groups is 1. The molecule has 0 spiro atoms. The first kappa shape index (κ1) is 19.0. The Hall–Kier alpha value is -4.04. The van der Waals surface area contributed by atoms with Crippen LogP contribution in [0.5, 0.6) is 0 Å². The molecule has 3 aromatic carbocycles. The molecule has 8 heteroatoms. The quantitative estimate of drug-likeness (QED) is 0.423. The number of hydrogen-bond donors (Lipinski definition) is 2. The minimum atomic E-state index is -0.275. The average Bonchev–Trinajstić information content (AvgIpc) is 3.22. The van der Waals surface area contributed by atoms with Crippen molar-refractivity contribution in [2.24, 2.45) is 7.05 Å². The molecule has 31 heavy (non-hydrogen) atoms. The number of nitrogens with zero attached hydrogens (tertiary/aromatic N) is 3. The number of benzene rings is 3. The number of rotatable bonds is 3. The Morgan fingerprint density at radius 2 is 1.84 bits per heavy atom. The lowest BCUT2D eigenvalue weighted by Crippen LogP contribution is -2.19. The van der Waals surface area contributed by atoms with Gasteiger partial charge in [0.15, 0.2) is 4.77 Å². The molecule has 0 atom stereocenters. The van der Waals surface area contributed by atoms with Crippen LogP contribution < -0.4 is 10.9 Å². The second kappa shape index (κ2) is 7.33. The monoisotopic (exact) mass is 427 g/mol. The number of aromatic nitrogens is 4. The van der Waals surface area contributed by atoms with E-state index in [1.54, 1.807) is 31.6 Å². The van der Waals surface area contributed by atoms with Gasteiger partial charge in [-0.15, -0.1) is 0 Å². The molecule has 0 aliphatic carbocycles. The summed E-state index contributed by atoms with van der Waals surface area (Å²) in [7, 11) is 1.61. The van der Waals surface area contributed by atoms with Gasteiger partial charge in [-0.3, -0.25) is 18.7 Å². The van der Waals surface area contributed by atoms with Crippen LogP contribution in [-0.2, 0) is 7.05 Å². The molecule has 5 aromatic rings. The van der Waals surface area contributed by atoms with Crippen molar-refractivity contribution < 1.29 is 4.79 Å². The van der Waals surface area contributed by atoms with Gasteiger partial charge in [-0.2, -0.15) is 0 Å². The fourth-order valence-electron chi connectivity index (χ4n) is 3.52. The molecule has 2 heterocycles. The van der Waals surface area contributed by atoms with Crippen LogP contribution in [0.25, 0.3) is 27.6 Å². The Balaban J connectivity index is 1.41. The number of para-hydroxylation sites is 2. The van der Waals surface area contributed by atoms with E-state index in [1.165, 1.54) is 4.57 Å². The first-order valence-corrected chi connectivity index (χ1v) is 9.99. The fourth-order valence-corrected chi connectivity index (χ4v) is 3.71. The van der Waals surface area contributed by atoms with E-state index in [1.807, 2.05) is 53.1 Å². The summed E-state index contributed by atoms with van der Waals surface area (Å²) < 4.78 is 3.66. The molecule has 1 amide bonds. The number of nitrogens with one attached hydrogen (secondary N) is 2. The summed E-state index contributed by atoms with van der Waals surface area (Å²) in [6, 6.07) is 20.3. The maximum Gasteiger partial charge on any atom is 0.261 e. The highest BCUT2D eigenvalue weighted by Gasteiger charge is 2.10. The van der Waals surface area contributed by atoms with Gasteiger partial charge in [-0.05, 0) is 66.8 Å². The fraction of sp³-hybridized carbons (Fsp3) is 0.0435. The van der Waals surface area contributed by atoms with Crippen molar-refractivity contribution in [2.75, 3.05) is 5.32 Å². The van der Waals surface area contributed by atoms with Gasteiger partial charge >= 0.3 is 0 Å². The molecule has 0 aliphatic heterocycles. The van der Waals surface area contributed by atoms with Gasteiger partial charge in [0.05, 0.1) is 21.9 Å². The number of H-pyrrole nitrogens is 1. The molecule has 0 saturated heterocycles. The molecule has 5 rings (SSSR count). The van der Waals surface area contributed by atoms with E-state index in [-0.39, 0.29) is 11.5 Å². The average molecular weight is 427 g/mol. The van der Waals surface area contributed by atoms with E-state index < -0.39 is 0 Å². The van der Waals surface area contributed by atoms with E-state index >= 15 is 0 Å². The highest BCUT2D eigenvalue weighted by atomic mass is 32.1. The van der Waals surface area contributed by atoms with Gasteiger partial charge in [0.25, 0.3) is 11.5 Å². The summed E-state index contributed by atoms with van der Waals surface area (Å²) in [6.45, 7) is 0. The number of carbonyl (C=O) groups excluding carboxylic acids is 1. The van der Waals surface area contributed by atoms with Gasteiger partial charge in [-0.25, -0.2) is 4.98 Å². The number of aromatic amines is 1. The van der Waals surface area contributed by atoms with Crippen molar-refractivity contribution in [2.45, 2.75) is 0 Å². The van der Waals surface area contributed by atoms with E-state index in [0.717, 1.165) is 16.7 Å². The Morgan fingerprint density at radius 1 is 1.06 bits per heavy atom. The van der Waals surface area contributed by atoms with E-state index in [2.05, 4.69) is 15.3 Å². The lowest BCUT2D eigenvalue weighted by atomic mass is 10.1. The van der Waals surface area contributed by atoms with Crippen molar-refractivity contribution in [3.63, 3.8) is 0 Å². The molecule has 2 N–H and O–H groups in total. The van der Waals surface area contributed by atoms with Gasteiger partial charge in [-0.1, -0.05) is 12.1 Å². The third kappa shape index (κ3) is 3.32. The zero-order valence-electron chi connectivity index (χ0n) is 16.5. The molecule has 0 bridgehead atoms. The summed E-state index contributed by atoms with van der Waals surface area (Å²) in [6.07, 6.45) is 1.78. The van der Waals surface area contributed by atoms with Crippen molar-refractivity contribution in [3.8, 4) is 5.69 Å². The lowest BCUT2D eigenvalue weighted by Gasteiger charge is -2.09. The number of imidazole rings is 1.